The average molecular weight is 930 g/mol. The highest BCUT2D eigenvalue weighted by Crippen LogP contribution is 2.32. The summed E-state index contributed by atoms with van der Waals surface area (Å²) >= 11 is 8.24. The van der Waals surface area contributed by atoms with Crippen molar-refractivity contribution in [2.45, 2.75) is 126 Å². The average Bonchev–Trinajstić information content (AvgIpc) is 3.72. The van der Waals surface area contributed by atoms with Crippen LogP contribution in [0.15, 0.2) is 0 Å². The van der Waals surface area contributed by atoms with Gasteiger partial charge in [-0.1, -0.05) is 20.3 Å². The molecule has 63 heavy (non-hydrogen) atoms. The molecule has 2 fully saturated rings. The van der Waals surface area contributed by atoms with Crippen molar-refractivity contribution in [2.75, 3.05) is 31.1 Å². The fourth-order valence-corrected chi connectivity index (χ4v) is 7.21. The Bertz CT molecular complexity index is 1720. The van der Waals surface area contributed by atoms with E-state index in [4.69, 9.17) is 28.7 Å². The van der Waals surface area contributed by atoms with E-state index in [2.05, 4.69) is 62.5 Å². The molecular weight excluding hydrogens is 867 g/mol. The number of hydrogen-bond donors (Lipinski definition) is 14. The van der Waals surface area contributed by atoms with Crippen molar-refractivity contribution >= 4 is 90.2 Å². The summed E-state index contributed by atoms with van der Waals surface area (Å²) < 4.78 is 0. The van der Waals surface area contributed by atoms with Crippen LogP contribution < -0.4 is 65.9 Å². The number of amides is 11. The van der Waals surface area contributed by atoms with Crippen LogP contribution in [0.2, 0.25) is 0 Å². The number of nitrogens with zero attached hydrogens (tertiary/aromatic N) is 1. The maximum atomic E-state index is 13.9. The molecule has 11 amide bonds. The monoisotopic (exact) mass is 929 g/mol. The summed E-state index contributed by atoms with van der Waals surface area (Å²) in [5, 5.41) is 17.5. The van der Waals surface area contributed by atoms with Crippen LogP contribution in [0.4, 0.5) is 0 Å². The molecule has 0 unspecified atom stereocenters. The summed E-state index contributed by atoms with van der Waals surface area (Å²) in [6.07, 6.45) is 0.500. The third kappa shape index (κ3) is 16.1. The third-order valence-electron chi connectivity index (χ3n) is 10.8. The molecule has 24 nitrogen and oxygen atoms in total. The highest BCUT2D eigenvalue weighted by atomic mass is 32.1. The van der Waals surface area contributed by atoms with Gasteiger partial charge in [0.1, 0.15) is 41.8 Å². The lowest BCUT2D eigenvalue weighted by Gasteiger charge is -2.42. The SMILES string of the molecule is CC[C@H](C)[C@H](NC(=O)C1(NC(=O)[C@@H](N)CS)CCC1)C(=O)N[C@@H](CCC(N)=O)C(=O)N[C@@H](CC(N)=O)C(=O)N[C@@H](CS)C(=O)N1CCC[C@H]1C(=O)N[C@@H](CCN)C(=O)NCC(N)=O. The molecule has 17 N–H and O–H groups in total. The maximum Gasteiger partial charge on any atom is 0.246 e. The predicted octanol–water partition coefficient (Wildman–Crippen LogP) is -6.24. The number of carbonyl (C=O) groups is 11. The largest absolute Gasteiger partial charge is 0.370 e. The smallest absolute Gasteiger partial charge is 0.246 e. The lowest BCUT2D eigenvalue weighted by atomic mass is 9.75. The normalized spacial score (nSPS) is 18.6. The van der Waals surface area contributed by atoms with Crippen molar-refractivity contribution in [3.8, 4) is 0 Å². The van der Waals surface area contributed by atoms with Crippen molar-refractivity contribution in [3.63, 3.8) is 0 Å². The molecule has 1 saturated carbocycles. The van der Waals surface area contributed by atoms with Crippen LogP contribution in [0.1, 0.15) is 78.1 Å². The summed E-state index contributed by atoms with van der Waals surface area (Å²) in [5.74, 6) is -9.93. The molecule has 0 aromatic rings. The van der Waals surface area contributed by atoms with E-state index in [9.17, 15) is 52.7 Å². The molecule has 26 heteroatoms. The quantitative estimate of drug-likeness (QED) is 0.0342. The van der Waals surface area contributed by atoms with Gasteiger partial charge in [-0.2, -0.15) is 25.3 Å². The third-order valence-corrected chi connectivity index (χ3v) is 11.6. The number of rotatable bonds is 27. The predicted molar refractivity (Wildman–Crippen MR) is 232 cm³/mol. The minimum atomic E-state index is -1.73. The molecule has 354 valence electrons. The van der Waals surface area contributed by atoms with Crippen LogP contribution in [0.5, 0.6) is 0 Å². The van der Waals surface area contributed by atoms with E-state index in [1.807, 2.05) is 0 Å². The van der Waals surface area contributed by atoms with Crippen LogP contribution in [-0.4, -0.2) is 149 Å². The molecule has 1 saturated heterocycles. The van der Waals surface area contributed by atoms with Gasteiger partial charge in [0.05, 0.1) is 19.0 Å². The summed E-state index contributed by atoms with van der Waals surface area (Å²) in [6, 6.07) is -9.20. The second-order valence-corrected chi connectivity index (χ2v) is 16.3. The van der Waals surface area contributed by atoms with E-state index in [0.717, 1.165) is 0 Å². The van der Waals surface area contributed by atoms with Gasteiger partial charge < -0.3 is 70.8 Å². The van der Waals surface area contributed by atoms with Gasteiger partial charge in [0.15, 0.2) is 0 Å². The first-order valence-electron chi connectivity index (χ1n) is 20.6. The first kappa shape index (κ1) is 53.9. The second kappa shape index (κ2) is 25.8. The van der Waals surface area contributed by atoms with Crippen molar-refractivity contribution in [2.24, 2.45) is 34.6 Å². The standard InChI is InChI=1S/C37H63N13O11S2/c1-3-18(2)28(48-36(61)37(10-5-11-37)49-29(54)19(39)16-62)34(59)45-20(7-8-25(40)51)31(56)46-22(14-26(41)52)32(57)47-23(17-63)35(60)50-13-4-6-24(50)33(58)44-21(9-12-38)30(55)43-15-27(42)53/h18-24,28,62-63H,3-17,38-39H2,1-2H3,(H2,40,51)(H2,41,52)(H2,42,53)(H,43,55)(H,44,58)(H,45,59)(H,46,56)(H,47,57)(H,48,61)(H,49,54)/t18-,19-,20-,21-,22-,23-,24-,28-/m0/s1. The van der Waals surface area contributed by atoms with E-state index >= 15 is 0 Å². The van der Waals surface area contributed by atoms with Gasteiger partial charge in [-0.3, -0.25) is 52.7 Å². The summed E-state index contributed by atoms with van der Waals surface area (Å²) in [7, 11) is 0. The fourth-order valence-electron chi connectivity index (χ4n) is 6.79. The van der Waals surface area contributed by atoms with Crippen LogP contribution in [0.3, 0.4) is 0 Å². The van der Waals surface area contributed by atoms with Crippen LogP contribution >= 0.6 is 25.3 Å². The Hall–Kier alpha value is -5.21. The van der Waals surface area contributed by atoms with Crippen molar-refractivity contribution < 1.29 is 52.7 Å². The van der Waals surface area contributed by atoms with Crippen molar-refractivity contribution in [3.05, 3.63) is 0 Å². The second-order valence-electron chi connectivity index (χ2n) is 15.6. The Morgan fingerprint density at radius 3 is 1.84 bits per heavy atom. The topological polar surface area (TPSA) is 405 Å². The van der Waals surface area contributed by atoms with Gasteiger partial charge in [0.2, 0.25) is 65.0 Å². The molecule has 1 aliphatic carbocycles. The van der Waals surface area contributed by atoms with Gasteiger partial charge in [-0.15, -0.1) is 0 Å². The minimum absolute atomic E-state index is 0.00392. The first-order chi connectivity index (χ1) is 29.6. The number of hydrogen-bond acceptors (Lipinski definition) is 15. The number of nitrogens with two attached hydrogens (primary N) is 5. The Kier molecular flexibility index (Phi) is 22.1. The van der Waals surface area contributed by atoms with E-state index in [1.165, 1.54) is 4.90 Å². The zero-order valence-electron chi connectivity index (χ0n) is 35.4. The van der Waals surface area contributed by atoms with Gasteiger partial charge >= 0.3 is 0 Å². The maximum absolute atomic E-state index is 13.9. The van der Waals surface area contributed by atoms with E-state index < -0.39 is 138 Å². The highest BCUT2D eigenvalue weighted by molar-refractivity contribution is 7.80. The summed E-state index contributed by atoms with van der Waals surface area (Å²) in [6.45, 7) is 3.01. The van der Waals surface area contributed by atoms with Crippen LogP contribution in [-0.2, 0) is 52.7 Å². The summed E-state index contributed by atoms with van der Waals surface area (Å²) in [4.78, 5) is 144. The lowest BCUT2D eigenvalue weighted by molar-refractivity contribution is -0.142. The molecule has 0 bridgehead atoms. The molecule has 0 spiro atoms. The number of nitrogens with one attached hydrogen (secondary N) is 7. The van der Waals surface area contributed by atoms with E-state index in [1.54, 1.807) is 13.8 Å². The fraction of sp³-hybridized carbons (Fsp3) is 0.703. The van der Waals surface area contributed by atoms with Crippen LogP contribution in [0.25, 0.3) is 0 Å². The van der Waals surface area contributed by atoms with E-state index in [-0.39, 0.29) is 56.7 Å². The Morgan fingerprint density at radius 2 is 1.32 bits per heavy atom. The van der Waals surface area contributed by atoms with Gasteiger partial charge in [-0.05, 0) is 57.4 Å². The van der Waals surface area contributed by atoms with Gasteiger partial charge in [-0.25, -0.2) is 0 Å². The summed E-state index contributed by atoms with van der Waals surface area (Å²) in [5.41, 5.74) is 25.9. The molecule has 0 aromatic carbocycles. The number of primary amides is 3. The molecule has 2 rings (SSSR count). The molecule has 1 aliphatic heterocycles. The number of carbonyl (C=O) groups excluding carboxylic acids is 11. The molecule has 8 atom stereocenters. The Labute approximate surface area is 375 Å². The molecule has 0 radical (unpaired) electrons. The lowest BCUT2D eigenvalue weighted by Crippen LogP contribution is -2.68. The number of likely N-dealkylation sites (tertiary alicyclic amines) is 1. The Morgan fingerprint density at radius 1 is 0.714 bits per heavy atom. The molecule has 1 heterocycles. The molecular formula is C37H63N13O11S2. The highest BCUT2D eigenvalue weighted by Gasteiger charge is 2.48. The van der Waals surface area contributed by atoms with Gasteiger partial charge in [0.25, 0.3) is 0 Å². The zero-order chi connectivity index (χ0) is 47.6. The van der Waals surface area contributed by atoms with Crippen molar-refractivity contribution in [1.29, 1.82) is 0 Å². The van der Waals surface area contributed by atoms with Crippen LogP contribution in [0, 0.1) is 5.92 Å². The minimum Gasteiger partial charge on any atom is -0.370 e. The zero-order valence-corrected chi connectivity index (χ0v) is 37.2. The molecule has 0 aromatic heterocycles. The first-order valence-corrected chi connectivity index (χ1v) is 21.9. The van der Waals surface area contributed by atoms with Gasteiger partial charge in [0, 0.05) is 24.5 Å². The van der Waals surface area contributed by atoms with Crippen molar-refractivity contribution in [1.82, 2.24) is 42.1 Å². The number of thiol groups is 2. The van der Waals surface area contributed by atoms with E-state index in [0.29, 0.717) is 19.3 Å². The molecule has 2 aliphatic rings. The Balaban J connectivity index is 2.28.